The summed E-state index contributed by atoms with van der Waals surface area (Å²) < 4.78 is 26.2. The Hall–Kier alpha value is -3.69. The normalized spacial score (nSPS) is 11.3. The van der Waals surface area contributed by atoms with Crippen LogP contribution in [0.1, 0.15) is 25.3 Å². The van der Waals surface area contributed by atoms with Crippen molar-refractivity contribution in [1.29, 1.82) is 0 Å². The van der Waals surface area contributed by atoms with Crippen molar-refractivity contribution >= 4 is 34.2 Å². The number of ether oxygens (including phenoxy) is 2. The molecule has 4 heterocycles. The first kappa shape index (κ1) is 17.7. The van der Waals surface area contributed by atoms with Crippen LogP contribution >= 0.6 is 0 Å². The number of pyridine rings is 1. The highest BCUT2D eigenvalue weighted by molar-refractivity contribution is 5.84. The third-order valence-electron chi connectivity index (χ3n) is 4.29. The van der Waals surface area contributed by atoms with E-state index in [9.17, 15) is 9.18 Å². The molecule has 4 aromatic rings. The van der Waals surface area contributed by atoms with Crippen LogP contribution in [0.3, 0.4) is 0 Å². The van der Waals surface area contributed by atoms with Gasteiger partial charge in [-0.1, -0.05) is 13.8 Å². The molecule has 28 heavy (non-hydrogen) atoms. The van der Waals surface area contributed by atoms with E-state index in [-0.39, 0.29) is 11.6 Å². The van der Waals surface area contributed by atoms with E-state index >= 15 is 0 Å². The molecule has 0 spiro atoms. The van der Waals surface area contributed by atoms with Gasteiger partial charge in [0.25, 0.3) is 0 Å². The van der Waals surface area contributed by atoms with Gasteiger partial charge in [0.1, 0.15) is 17.5 Å². The fraction of sp³-hybridized carbons (Fsp3) is 0.222. The standard InChI is InChI=1S/C18H17FN6O3/c1-9(2)13-12(28-18(26)27-3)7-25-15(13)17(22-8-23-25)24-11-6-21-16-10(14(11)19)4-5-20-16/h4-9H,1-3H3,(H,20,21)(H,22,23,24). The first-order valence-corrected chi connectivity index (χ1v) is 8.50. The van der Waals surface area contributed by atoms with Crippen molar-refractivity contribution in [1.82, 2.24) is 24.6 Å². The lowest BCUT2D eigenvalue weighted by molar-refractivity contribution is 0.121. The van der Waals surface area contributed by atoms with Crippen LogP contribution in [-0.4, -0.2) is 37.8 Å². The smallest absolute Gasteiger partial charge is 0.437 e. The van der Waals surface area contributed by atoms with Gasteiger partial charge in [0.05, 0.1) is 30.6 Å². The average molecular weight is 384 g/mol. The molecule has 0 saturated heterocycles. The monoisotopic (exact) mass is 384 g/mol. The van der Waals surface area contributed by atoms with E-state index in [1.54, 1.807) is 18.5 Å². The van der Waals surface area contributed by atoms with Crippen LogP contribution in [0.4, 0.5) is 20.7 Å². The Labute approximate surface area is 158 Å². The summed E-state index contributed by atoms with van der Waals surface area (Å²) in [5.74, 6) is 0.164. The number of nitrogens with one attached hydrogen (secondary N) is 2. The summed E-state index contributed by atoms with van der Waals surface area (Å²) in [5.41, 5.74) is 1.86. The number of methoxy groups -OCH3 is 1. The maximum absolute atomic E-state index is 14.8. The number of nitrogens with zero attached hydrogens (tertiary/aromatic N) is 4. The molecule has 4 rings (SSSR count). The first-order chi connectivity index (χ1) is 13.5. The average Bonchev–Trinajstić information content (AvgIpc) is 3.28. The number of halogens is 1. The summed E-state index contributed by atoms with van der Waals surface area (Å²) in [4.78, 5) is 22.9. The molecule has 0 aromatic carbocycles. The lowest BCUT2D eigenvalue weighted by Gasteiger charge is -2.12. The summed E-state index contributed by atoms with van der Waals surface area (Å²) in [6, 6.07) is 1.61. The van der Waals surface area contributed by atoms with Gasteiger partial charge >= 0.3 is 6.16 Å². The van der Waals surface area contributed by atoms with Crippen LogP contribution in [-0.2, 0) is 4.74 Å². The van der Waals surface area contributed by atoms with E-state index in [4.69, 9.17) is 4.74 Å². The maximum Gasteiger partial charge on any atom is 0.513 e. The lowest BCUT2D eigenvalue weighted by atomic mass is 10.0. The highest BCUT2D eigenvalue weighted by atomic mass is 19.1. The van der Waals surface area contributed by atoms with E-state index in [2.05, 4.69) is 30.1 Å². The number of hydrogen-bond acceptors (Lipinski definition) is 7. The SMILES string of the molecule is COC(=O)Oc1cn2ncnc(Nc3cnc4[nH]ccc4c3F)c2c1C(C)C. The van der Waals surface area contributed by atoms with Gasteiger partial charge in [0, 0.05) is 11.8 Å². The van der Waals surface area contributed by atoms with Crippen LogP contribution < -0.4 is 10.1 Å². The Morgan fingerprint density at radius 2 is 2.18 bits per heavy atom. The van der Waals surface area contributed by atoms with Gasteiger partial charge in [-0.05, 0) is 12.0 Å². The van der Waals surface area contributed by atoms with Gasteiger partial charge in [-0.15, -0.1) is 0 Å². The summed E-state index contributed by atoms with van der Waals surface area (Å²) in [6.07, 6.45) is 5.04. The maximum atomic E-state index is 14.8. The molecule has 0 aliphatic rings. The molecule has 0 radical (unpaired) electrons. The molecule has 0 fully saturated rings. The Morgan fingerprint density at radius 1 is 1.36 bits per heavy atom. The Bertz CT molecular complexity index is 1180. The minimum absolute atomic E-state index is 0.0358. The Balaban J connectivity index is 1.84. The number of rotatable bonds is 4. The number of anilines is 2. The molecule has 0 saturated carbocycles. The number of carbonyl (C=O) groups excluding carboxylic acids is 1. The molecule has 10 heteroatoms. The Kier molecular flexibility index (Phi) is 4.30. The van der Waals surface area contributed by atoms with E-state index in [1.165, 1.54) is 24.1 Å². The predicted octanol–water partition coefficient (Wildman–Crippen LogP) is 3.76. The second-order valence-electron chi connectivity index (χ2n) is 6.37. The molecule has 144 valence electrons. The van der Waals surface area contributed by atoms with Crippen molar-refractivity contribution in [2.75, 3.05) is 12.4 Å². The van der Waals surface area contributed by atoms with Crippen molar-refractivity contribution in [3.8, 4) is 5.75 Å². The lowest BCUT2D eigenvalue weighted by Crippen LogP contribution is -2.08. The van der Waals surface area contributed by atoms with Crippen molar-refractivity contribution in [3.05, 3.63) is 42.4 Å². The zero-order valence-electron chi connectivity index (χ0n) is 15.4. The fourth-order valence-electron chi connectivity index (χ4n) is 3.07. The molecule has 0 amide bonds. The molecule has 0 aliphatic carbocycles. The summed E-state index contributed by atoms with van der Waals surface area (Å²) in [7, 11) is 1.23. The van der Waals surface area contributed by atoms with Crippen LogP contribution in [0.5, 0.6) is 5.75 Å². The van der Waals surface area contributed by atoms with Crippen LogP contribution in [0.25, 0.3) is 16.6 Å². The highest BCUT2D eigenvalue weighted by Gasteiger charge is 2.22. The minimum Gasteiger partial charge on any atom is -0.437 e. The van der Waals surface area contributed by atoms with Gasteiger partial charge in [0.2, 0.25) is 0 Å². The zero-order chi connectivity index (χ0) is 19.8. The number of H-pyrrole nitrogens is 1. The largest absolute Gasteiger partial charge is 0.513 e. The van der Waals surface area contributed by atoms with Gasteiger partial charge < -0.3 is 19.8 Å². The zero-order valence-corrected chi connectivity index (χ0v) is 15.4. The van der Waals surface area contributed by atoms with Crippen molar-refractivity contribution in [2.45, 2.75) is 19.8 Å². The predicted molar refractivity (Wildman–Crippen MR) is 99.4 cm³/mol. The van der Waals surface area contributed by atoms with E-state index < -0.39 is 12.0 Å². The van der Waals surface area contributed by atoms with Crippen molar-refractivity contribution in [2.24, 2.45) is 0 Å². The molecule has 0 aliphatic heterocycles. The van der Waals surface area contributed by atoms with Crippen LogP contribution in [0.15, 0.2) is 31.0 Å². The highest BCUT2D eigenvalue weighted by Crippen LogP contribution is 2.36. The van der Waals surface area contributed by atoms with Crippen LogP contribution in [0.2, 0.25) is 0 Å². The van der Waals surface area contributed by atoms with E-state index in [0.717, 1.165) is 0 Å². The number of carbonyl (C=O) groups is 1. The summed E-state index contributed by atoms with van der Waals surface area (Å²) in [5, 5.41) is 7.51. The number of aromatic nitrogens is 5. The summed E-state index contributed by atoms with van der Waals surface area (Å²) >= 11 is 0. The third-order valence-corrected chi connectivity index (χ3v) is 4.29. The molecular weight excluding hydrogens is 367 g/mol. The molecule has 0 bridgehead atoms. The fourth-order valence-corrected chi connectivity index (χ4v) is 3.07. The van der Waals surface area contributed by atoms with Gasteiger partial charge in [-0.2, -0.15) is 5.10 Å². The van der Waals surface area contributed by atoms with Gasteiger partial charge in [0.15, 0.2) is 17.4 Å². The first-order valence-electron chi connectivity index (χ1n) is 8.50. The Morgan fingerprint density at radius 3 is 2.93 bits per heavy atom. The van der Waals surface area contributed by atoms with Crippen LogP contribution in [0, 0.1) is 5.82 Å². The molecule has 9 nitrogen and oxygen atoms in total. The second-order valence-corrected chi connectivity index (χ2v) is 6.37. The quantitative estimate of drug-likeness (QED) is 0.516. The van der Waals surface area contributed by atoms with Crippen molar-refractivity contribution in [3.63, 3.8) is 0 Å². The molecule has 4 aromatic heterocycles. The molecule has 0 atom stereocenters. The number of aromatic amines is 1. The number of fused-ring (bicyclic) bond motifs is 2. The molecule has 0 unspecified atom stereocenters. The third kappa shape index (κ3) is 2.88. The van der Waals surface area contributed by atoms with E-state index in [1.807, 2.05) is 13.8 Å². The minimum atomic E-state index is -0.839. The van der Waals surface area contributed by atoms with Gasteiger partial charge in [-0.25, -0.2) is 23.7 Å². The van der Waals surface area contributed by atoms with Gasteiger partial charge in [-0.3, -0.25) is 0 Å². The van der Waals surface area contributed by atoms with E-state index in [0.29, 0.717) is 33.7 Å². The molecular formula is C18H17FN6O3. The summed E-state index contributed by atoms with van der Waals surface area (Å²) in [6.45, 7) is 3.87. The van der Waals surface area contributed by atoms with Crippen molar-refractivity contribution < 1.29 is 18.7 Å². The molecule has 2 N–H and O–H groups in total. The topological polar surface area (TPSA) is 106 Å². The second kappa shape index (κ2) is 6.80. The number of hydrogen-bond donors (Lipinski definition) is 2.